The summed E-state index contributed by atoms with van der Waals surface area (Å²) in [7, 11) is 0. The van der Waals surface area contributed by atoms with E-state index in [0.717, 1.165) is 18.4 Å². The highest BCUT2D eigenvalue weighted by molar-refractivity contribution is 5.79. The fourth-order valence-corrected chi connectivity index (χ4v) is 3.84. The van der Waals surface area contributed by atoms with Crippen molar-refractivity contribution in [1.82, 2.24) is 14.9 Å². The van der Waals surface area contributed by atoms with Gasteiger partial charge < -0.3 is 14.6 Å². The highest BCUT2D eigenvalue weighted by Crippen LogP contribution is 2.24. The lowest BCUT2D eigenvalue weighted by Gasteiger charge is -2.32. The summed E-state index contributed by atoms with van der Waals surface area (Å²) in [6.07, 6.45) is 3.53. The summed E-state index contributed by atoms with van der Waals surface area (Å²) in [5.41, 5.74) is 4.27. The van der Waals surface area contributed by atoms with Gasteiger partial charge in [0.05, 0.1) is 25.3 Å². The van der Waals surface area contributed by atoms with Crippen molar-refractivity contribution in [2.24, 2.45) is 0 Å². The van der Waals surface area contributed by atoms with Gasteiger partial charge in [0.1, 0.15) is 11.9 Å². The van der Waals surface area contributed by atoms with E-state index >= 15 is 0 Å². The summed E-state index contributed by atoms with van der Waals surface area (Å²) < 4.78 is 5.76. The predicted molar refractivity (Wildman–Crippen MR) is 97.0 cm³/mol. The molecule has 26 heavy (non-hydrogen) atoms. The van der Waals surface area contributed by atoms with Crippen LogP contribution >= 0.6 is 0 Å². The smallest absolute Gasteiger partial charge is 0.251 e. The highest BCUT2D eigenvalue weighted by Gasteiger charge is 2.27. The van der Waals surface area contributed by atoms with E-state index in [4.69, 9.17) is 4.74 Å². The zero-order valence-corrected chi connectivity index (χ0v) is 15.0. The largest absolute Gasteiger partial charge is 0.368 e. The number of benzene rings is 1. The van der Waals surface area contributed by atoms with Crippen molar-refractivity contribution in [3.8, 4) is 0 Å². The quantitative estimate of drug-likeness (QED) is 0.911. The molecule has 2 aliphatic rings. The average molecular weight is 353 g/mol. The number of carbonyl (C=O) groups is 1. The Bertz CT molecular complexity index is 890. The van der Waals surface area contributed by atoms with E-state index in [1.807, 2.05) is 4.90 Å². The maximum absolute atomic E-state index is 12.8. The second-order valence-electron chi connectivity index (χ2n) is 7.09. The van der Waals surface area contributed by atoms with Crippen LogP contribution < -0.4 is 5.56 Å². The van der Waals surface area contributed by atoms with E-state index in [1.54, 1.807) is 6.92 Å². The first kappa shape index (κ1) is 17.0. The fraction of sp³-hybridized carbons (Fsp3) is 0.450. The Kier molecular flexibility index (Phi) is 4.59. The van der Waals surface area contributed by atoms with Crippen LogP contribution in [0.5, 0.6) is 0 Å². The molecule has 1 aliphatic heterocycles. The van der Waals surface area contributed by atoms with E-state index in [0.29, 0.717) is 37.6 Å². The SMILES string of the molecule is Cc1nc([C@@H]2CN(C(=O)Cc3ccc4c(c3)CCC4)CCO2)cc(=O)[nH]1. The number of aromatic amines is 1. The van der Waals surface area contributed by atoms with Gasteiger partial charge in [-0.2, -0.15) is 0 Å². The topological polar surface area (TPSA) is 75.3 Å². The summed E-state index contributed by atoms with van der Waals surface area (Å²) in [4.78, 5) is 33.2. The number of amides is 1. The molecule has 0 saturated carbocycles. The van der Waals surface area contributed by atoms with Crippen molar-refractivity contribution in [2.75, 3.05) is 19.7 Å². The summed E-state index contributed by atoms with van der Waals surface area (Å²) in [5.74, 6) is 0.649. The molecule has 1 N–H and O–H groups in total. The van der Waals surface area contributed by atoms with Crippen LogP contribution in [0.3, 0.4) is 0 Å². The van der Waals surface area contributed by atoms with Crippen LogP contribution in [0.2, 0.25) is 0 Å². The van der Waals surface area contributed by atoms with Crippen molar-refractivity contribution in [3.63, 3.8) is 0 Å². The van der Waals surface area contributed by atoms with Gasteiger partial charge in [0.25, 0.3) is 5.56 Å². The molecule has 2 heterocycles. The normalized spacial score (nSPS) is 19.4. The lowest BCUT2D eigenvalue weighted by molar-refractivity contribution is -0.138. The van der Waals surface area contributed by atoms with Crippen molar-refractivity contribution < 1.29 is 9.53 Å². The van der Waals surface area contributed by atoms with Crippen molar-refractivity contribution in [2.45, 2.75) is 38.7 Å². The maximum Gasteiger partial charge on any atom is 0.251 e. The van der Waals surface area contributed by atoms with E-state index < -0.39 is 0 Å². The molecule has 0 radical (unpaired) electrons. The Morgan fingerprint density at radius 1 is 1.31 bits per heavy atom. The minimum absolute atomic E-state index is 0.0952. The molecule has 4 rings (SSSR count). The van der Waals surface area contributed by atoms with Gasteiger partial charge in [-0.15, -0.1) is 0 Å². The molecule has 136 valence electrons. The summed E-state index contributed by atoms with van der Waals surface area (Å²) in [6.45, 7) is 3.20. The molecule has 1 fully saturated rings. The molecular weight excluding hydrogens is 330 g/mol. The van der Waals surface area contributed by atoms with E-state index in [2.05, 4.69) is 28.2 Å². The monoisotopic (exact) mass is 353 g/mol. The molecule has 0 bridgehead atoms. The number of aryl methyl sites for hydroxylation is 3. The van der Waals surface area contributed by atoms with Gasteiger partial charge in [0, 0.05) is 12.6 Å². The number of H-pyrrole nitrogens is 1. The van der Waals surface area contributed by atoms with Crippen molar-refractivity contribution in [3.05, 3.63) is 62.8 Å². The zero-order valence-electron chi connectivity index (χ0n) is 15.0. The number of hydrogen-bond acceptors (Lipinski definition) is 4. The molecule has 0 spiro atoms. The Hall–Kier alpha value is -2.47. The van der Waals surface area contributed by atoms with Crippen LogP contribution in [0.1, 0.15) is 40.7 Å². The number of rotatable bonds is 3. The molecule has 1 atom stereocenters. The first-order valence-electron chi connectivity index (χ1n) is 9.16. The van der Waals surface area contributed by atoms with Gasteiger partial charge in [0.2, 0.25) is 5.91 Å². The first-order chi connectivity index (χ1) is 12.6. The van der Waals surface area contributed by atoms with Crippen LogP contribution in [-0.2, 0) is 28.8 Å². The van der Waals surface area contributed by atoms with Gasteiger partial charge in [0.15, 0.2) is 0 Å². The van der Waals surface area contributed by atoms with E-state index in [9.17, 15) is 9.59 Å². The second-order valence-corrected chi connectivity index (χ2v) is 7.09. The third kappa shape index (κ3) is 3.55. The average Bonchev–Trinajstić information content (AvgIpc) is 3.09. The molecule has 1 aliphatic carbocycles. The molecule has 1 amide bonds. The Labute approximate surface area is 152 Å². The predicted octanol–water partition coefficient (Wildman–Crippen LogP) is 1.71. The minimum Gasteiger partial charge on any atom is -0.368 e. The molecule has 6 nitrogen and oxygen atoms in total. The number of ether oxygens (including phenoxy) is 1. The first-order valence-corrected chi connectivity index (χ1v) is 9.16. The van der Waals surface area contributed by atoms with Crippen LogP contribution in [0.25, 0.3) is 0 Å². The third-order valence-corrected chi connectivity index (χ3v) is 5.15. The standard InChI is InChI=1S/C20H23N3O3/c1-13-21-17(11-19(24)22-13)18-12-23(7-8-26-18)20(25)10-14-5-6-15-3-2-4-16(15)9-14/h5-6,9,11,18H,2-4,7-8,10,12H2,1H3,(H,21,22,24)/t18-/m0/s1. The van der Waals surface area contributed by atoms with Gasteiger partial charge in [-0.1, -0.05) is 18.2 Å². The minimum atomic E-state index is -0.353. The van der Waals surface area contributed by atoms with Gasteiger partial charge in [-0.05, 0) is 42.9 Å². The number of carbonyl (C=O) groups excluding carboxylic acids is 1. The van der Waals surface area contributed by atoms with Crippen LogP contribution in [-0.4, -0.2) is 40.5 Å². The fourth-order valence-electron chi connectivity index (χ4n) is 3.84. The lowest BCUT2D eigenvalue weighted by atomic mass is 10.0. The van der Waals surface area contributed by atoms with Crippen LogP contribution in [0.4, 0.5) is 0 Å². The maximum atomic E-state index is 12.8. The van der Waals surface area contributed by atoms with E-state index in [1.165, 1.54) is 23.6 Å². The van der Waals surface area contributed by atoms with E-state index in [-0.39, 0.29) is 17.6 Å². The number of hydrogen-bond donors (Lipinski definition) is 1. The Morgan fingerprint density at radius 3 is 3.00 bits per heavy atom. The van der Waals surface area contributed by atoms with Crippen molar-refractivity contribution >= 4 is 5.91 Å². The summed E-state index contributed by atoms with van der Waals surface area (Å²) >= 11 is 0. The van der Waals surface area contributed by atoms with Crippen LogP contribution in [0, 0.1) is 6.92 Å². The highest BCUT2D eigenvalue weighted by atomic mass is 16.5. The number of nitrogens with zero attached hydrogens (tertiary/aromatic N) is 2. The molecule has 1 aromatic heterocycles. The second kappa shape index (κ2) is 7.03. The summed E-state index contributed by atoms with van der Waals surface area (Å²) in [5, 5.41) is 0. The van der Waals surface area contributed by atoms with Gasteiger partial charge >= 0.3 is 0 Å². The Morgan fingerprint density at radius 2 is 2.15 bits per heavy atom. The number of morpholine rings is 1. The molecular formula is C20H23N3O3. The van der Waals surface area contributed by atoms with Crippen LogP contribution in [0.15, 0.2) is 29.1 Å². The lowest BCUT2D eigenvalue weighted by Crippen LogP contribution is -2.43. The van der Waals surface area contributed by atoms with Gasteiger partial charge in [-0.3, -0.25) is 9.59 Å². The molecule has 0 unspecified atom stereocenters. The Balaban J connectivity index is 1.45. The third-order valence-electron chi connectivity index (χ3n) is 5.15. The number of nitrogens with one attached hydrogen (secondary N) is 1. The van der Waals surface area contributed by atoms with Gasteiger partial charge in [-0.25, -0.2) is 4.98 Å². The molecule has 1 aromatic carbocycles. The molecule has 2 aromatic rings. The molecule has 6 heteroatoms. The molecule has 1 saturated heterocycles. The number of fused-ring (bicyclic) bond motifs is 1. The summed E-state index contributed by atoms with van der Waals surface area (Å²) in [6, 6.07) is 7.86. The zero-order chi connectivity index (χ0) is 18.1. The number of aromatic nitrogens is 2. The van der Waals surface area contributed by atoms with Crippen molar-refractivity contribution in [1.29, 1.82) is 0 Å².